The fourth-order valence-corrected chi connectivity index (χ4v) is 3.15. The summed E-state index contributed by atoms with van der Waals surface area (Å²) in [5.41, 5.74) is 0. The summed E-state index contributed by atoms with van der Waals surface area (Å²) in [7, 11) is 0. The zero-order chi connectivity index (χ0) is 20.8. The molecule has 3 atom stereocenters. The van der Waals surface area contributed by atoms with Gasteiger partial charge in [0.2, 0.25) is 17.6 Å². The number of carboxylic acid groups (broad SMARTS) is 1. The van der Waals surface area contributed by atoms with Gasteiger partial charge in [-0.2, -0.15) is 0 Å². The van der Waals surface area contributed by atoms with Crippen LogP contribution in [0.1, 0.15) is 46.0 Å². The van der Waals surface area contributed by atoms with E-state index in [1.54, 1.807) is 0 Å². The highest BCUT2D eigenvalue weighted by Crippen LogP contribution is 2.20. The largest absolute Gasteiger partial charge is 0.465 e. The van der Waals surface area contributed by atoms with Gasteiger partial charge < -0.3 is 26.4 Å². The Morgan fingerprint density at radius 1 is 1.11 bits per heavy atom. The van der Waals surface area contributed by atoms with E-state index < -0.39 is 41.7 Å². The number of Topliss-reactive ketones (excluding diaryl/α,β-unsaturated/α-hetero) is 1. The van der Waals surface area contributed by atoms with Gasteiger partial charge in [0.05, 0.1) is 6.04 Å². The lowest BCUT2D eigenvalue weighted by molar-refractivity contribution is -0.141. The first kappa shape index (κ1) is 21.6. The molecule has 1 heterocycles. The van der Waals surface area contributed by atoms with Crippen molar-refractivity contribution in [2.24, 2.45) is 11.8 Å². The van der Waals surface area contributed by atoms with Gasteiger partial charge in [-0.05, 0) is 38.0 Å². The summed E-state index contributed by atoms with van der Waals surface area (Å²) in [6, 6.07) is -2.27. The monoisotopic (exact) mass is 396 g/mol. The van der Waals surface area contributed by atoms with Crippen molar-refractivity contribution in [1.29, 1.82) is 0 Å². The second-order valence-electron chi connectivity index (χ2n) is 7.82. The number of carbonyl (C=O) groups is 5. The summed E-state index contributed by atoms with van der Waals surface area (Å²) >= 11 is 0. The van der Waals surface area contributed by atoms with Gasteiger partial charge in [-0.15, -0.1) is 0 Å². The molecule has 2 fully saturated rings. The molecule has 2 unspecified atom stereocenters. The summed E-state index contributed by atoms with van der Waals surface area (Å²) in [6.45, 7) is 4.14. The second-order valence-corrected chi connectivity index (χ2v) is 7.82. The van der Waals surface area contributed by atoms with Crippen LogP contribution in [0.15, 0.2) is 0 Å². The molecule has 0 spiro atoms. The highest BCUT2D eigenvalue weighted by molar-refractivity contribution is 6.38. The maximum absolute atomic E-state index is 12.6. The molecular weight excluding hydrogens is 368 g/mol. The minimum atomic E-state index is -1.36. The van der Waals surface area contributed by atoms with Gasteiger partial charge in [-0.25, -0.2) is 4.79 Å². The van der Waals surface area contributed by atoms with Crippen LogP contribution in [0.3, 0.4) is 0 Å². The third-order valence-corrected chi connectivity index (χ3v) is 4.77. The minimum Gasteiger partial charge on any atom is -0.465 e. The molecule has 0 aromatic carbocycles. The standard InChI is InChI=1S/C18H28N4O6/c1-9(2)7-13(22-18(27)28)16(25)21-12(8-10-5-6-19-15(10)24)14(23)17(26)20-11-3-4-11/h9-13,22H,3-8H2,1-2H3,(H,19,24)(H,20,26)(H,21,25)(H,27,28)/t10-,12?,13?/m0/s1. The fourth-order valence-electron chi connectivity index (χ4n) is 3.15. The van der Waals surface area contributed by atoms with Gasteiger partial charge in [-0.1, -0.05) is 13.8 Å². The molecule has 156 valence electrons. The number of ketones is 1. The molecular formula is C18H28N4O6. The summed E-state index contributed by atoms with van der Waals surface area (Å²) in [5, 5.41) is 18.9. The third kappa shape index (κ3) is 6.50. The number of nitrogens with one attached hydrogen (secondary N) is 4. The lowest BCUT2D eigenvalue weighted by atomic mass is 9.94. The van der Waals surface area contributed by atoms with E-state index in [2.05, 4.69) is 21.3 Å². The van der Waals surface area contributed by atoms with E-state index in [-0.39, 0.29) is 30.7 Å². The molecule has 0 bridgehead atoms. The first-order valence-electron chi connectivity index (χ1n) is 9.59. The van der Waals surface area contributed by atoms with Crippen molar-refractivity contribution in [3.63, 3.8) is 0 Å². The third-order valence-electron chi connectivity index (χ3n) is 4.77. The van der Waals surface area contributed by atoms with Gasteiger partial charge in [0.15, 0.2) is 0 Å². The smallest absolute Gasteiger partial charge is 0.405 e. The van der Waals surface area contributed by atoms with Crippen LogP contribution in [0.2, 0.25) is 0 Å². The van der Waals surface area contributed by atoms with Gasteiger partial charge in [0.25, 0.3) is 5.91 Å². The molecule has 4 amide bonds. The predicted molar refractivity (Wildman–Crippen MR) is 98.2 cm³/mol. The van der Waals surface area contributed by atoms with Gasteiger partial charge >= 0.3 is 6.09 Å². The first-order chi connectivity index (χ1) is 13.2. The van der Waals surface area contributed by atoms with Crippen LogP contribution in [0.25, 0.3) is 0 Å². The topological polar surface area (TPSA) is 154 Å². The van der Waals surface area contributed by atoms with Crippen LogP contribution < -0.4 is 21.3 Å². The Balaban J connectivity index is 2.10. The summed E-state index contributed by atoms with van der Waals surface area (Å²) in [4.78, 5) is 60.3. The van der Waals surface area contributed by atoms with Crippen LogP contribution in [0.4, 0.5) is 4.79 Å². The summed E-state index contributed by atoms with van der Waals surface area (Å²) in [5.74, 6) is -2.99. The Morgan fingerprint density at radius 3 is 2.29 bits per heavy atom. The van der Waals surface area contributed by atoms with E-state index in [4.69, 9.17) is 5.11 Å². The Bertz CT molecular complexity index is 646. The van der Waals surface area contributed by atoms with E-state index in [1.807, 2.05) is 13.8 Å². The molecule has 2 aliphatic rings. The lowest BCUT2D eigenvalue weighted by Crippen LogP contribution is -2.54. The Labute approximate surface area is 163 Å². The van der Waals surface area contributed by atoms with Crippen LogP contribution in [-0.4, -0.2) is 59.4 Å². The number of rotatable bonds is 10. The zero-order valence-corrected chi connectivity index (χ0v) is 16.1. The second kappa shape index (κ2) is 9.52. The van der Waals surface area contributed by atoms with Crippen molar-refractivity contribution in [3.8, 4) is 0 Å². The zero-order valence-electron chi connectivity index (χ0n) is 16.1. The van der Waals surface area contributed by atoms with E-state index >= 15 is 0 Å². The molecule has 1 aliphatic heterocycles. The number of amides is 4. The molecule has 0 aromatic rings. The molecule has 28 heavy (non-hydrogen) atoms. The van der Waals surface area contributed by atoms with Crippen LogP contribution in [-0.2, 0) is 19.2 Å². The van der Waals surface area contributed by atoms with Crippen molar-refractivity contribution in [2.75, 3.05) is 6.54 Å². The SMILES string of the molecule is CC(C)CC(NC(=O)O)C(=O)NC(C[C@@H]1CCNC1=O)C(=O)C(=O)NC1CC1. The molecule has 2 rings (SSSR count). The lowest BCUT2D eigenvalue weighted by Gasteiger charge is -2.24. The normalized spacial score (nSPS) is 20.8. The van der Waals surface area contributed by atoms with Gasteiger partial charge in [0.1, 0.15) is 6.04 Å². The summed E-state index contributed by atoms with van der Waals surface area (Å²) < 4.78 is 0. The molecule has 10 nitrogen and oxygen atoms in total. The van der Waals surface area contributed by atoms with E-state index in [0.717, 1.165) is 12.8 Å². The number of hydrogen-bond donors (Lipinski definition) is 5. The van der Waals surface area contributed by atoms with Crippen molar-refractivity contribution in [3.05, 3.63) is 0 Å². The van der Waals surface area contributed by atoms with Crippen LogP contribution in [0.5, 0.6) is 0 Å². The maximum atomic E-state index is 12.6. The Kier molecular flexibility index (Phi) is 7.36. The molecule has 0 aromatic heterocycles. The van der Waals surface area contributed by atoms with E-state index in [1.165, 1.54) is 0 Å². The van der Waals surface area contributed by atoms with E-state index in [9.17, 15) is 24.0 Å². The highest BCUT2D eigenvalue weighted by atomic mass is 16.4. The fraction of sp³-hybridized carbons (Fsp3) is 0.722. The average molecular weight is 396 g/mol. The molecule has 1 aliphatic carbocycles. The Morgan fingerprint density at radius 2 is 1.79 bits per heavy atom. The molecule has 1 saturated carbocycles. The van der Waals surface area contributed by atoms with Crippen molar-refractivity contribution in [2.45, 2.75) is 64.1 Å². The van der Waals surface area contributed by atoms with E-state index in [0.29, 0.717) is 13.0 Å². The first-order valence-corrected chi connectivity index (χ1v) is 9.59. The quantitative estimate of drug-likeness (QED) is 0.315. The molecule has 10 heteroatoms. The number of hydrogen-bond acceptors (Lipinski definition) is 5. The highest BCUT2D eigenvalue weighted by Gasteiger charge is 2.37. The summed E-state index contributed by atoms with van der Waals surface area (Å²) in [6.07, 6.45) is 0.990. The van der Waals surface area contributed by atoms with Crippen molar-refractivity contribution in [1.82, 2.24) is 21.3 Å². The maximum Gasteiger partial charge on any atom is 0.405 e. The Hall–Kier alpha value is -2.65. The number of carbonyl (C=O) groups excluding carboxylic acids is 4. The van der Waals surface area contributed by atoms with Crippen molar-refractivity contribution >= 4 is 29.6 Å². The molecule has 0 radical (unpaired) electrons. The predicted octanol–water partition coefficient (Wildman–Crippen LogP) is -0.473. The van der Waals surface area contributed by atoms with Crippen LogP contribution >= 0.6 is 0 Å². The van der Waals surface area contributed by atoms with Crippen molar-refractivity contribution < 1.29 is 29.1 Å². The van der Waals surface area contributed by atoms with Gasteiger partial charge in [-0.3, -0.25) is 19.2 Å². The van der Waals surface area contributed by atoms with Crippen LogP contribution in [0, 0.1) is 11.8 Å². The molecule has 5 N–H and O–H groups in total. The average Bonchev–Trinajstić information content (AvgIpc) is 3.32. The minimum absolute atomic E-state index is 0.00400. The van der Waals surface area contributed by atoms with Gasteiger partial charge in [0, 0.05) is 18.5 Å². The molecule has 1 saturated heterocycles.